The molecular formula is C56H52N4O6S2. The molecule has 10 nitrogen and oxygen atoms in total. The highest BCUT2D eigenvalue weighted by Gasteiger charge is 2.19. The van der Waals surface area contributed by atoms with E-state index in [0.29, 0.717) is 39.3 Å². The van der Waals surface area contributed by atoms with E-state index in [1.165, 1.54) is 45.9 Å². The zero-order valence-electron chi connectivity index (χ0n) is 38.9. The first-order valence-corrected chi connectivity index (χ1v) is 23.8. The third kappa shape index (κ3) is 11.9. The van der Waals surface area contributed by atoms with E-state index in [9.17, 15) is 19.2 Å². The molecule has 0 saturated heterocycles. The first-order chi connectivity index (χ1) is 32.5. The summed E-state index contributed by atoms with van der Waals surface area (Å²) in [6.07, 6.45) is 0. The van der Waals surface area contributed by atoms with E-state index < -0.39 is 5.97 Å². The molecule has 68 heavy (non-hydrogen) atoms. The lowest BCUT2D eigenvalue weighted by atomic mass is 9.86. The van der Waals surface area contributed by atoms with Crippen LogP contribution in [0, 0.1) is 0 Å². The Labute approximate surface area is 404 Å². The average Bonchev–Trinajstić information content (AvgIpc) is 4.01. The van der Waals surface area contributed by atoms with Gasteiger partial charge in [0.15, 0.2) is 10.3 Å². The van der Waals surface area contributed by atoms with E-state index in [2.05, 4.69) is 111 Å². The van der Waals surface area contributed by atoms with Gasteiger partial charge in [-0.1, -0.05) is 151 Å². The number of aromatic nitrogens is 2. The number of anilines is 2. The second-order valence-corrected chi connectivity index (χ2v) is 19.6. The lowest BCUT2D eigenvalue weighted by Crippen LogP contribution is -2.13. The fourth-order valence-corrected chi connectivity index (χ4v) is 8.63. The molecule has 0 unspecified atom stereocenters. The Kier molecular flexibility index (Phi) is 14.9. The van der Waals surface area contributed by atoms with Crippen molar-refractivity contribution in [3.05, 3.63) is 190 Å². The molecule has 2 amide bonds. The molecule has 0 radical (unpaired) electrons. The van der Waals surface area contributed by atoms with Gasteiger partial charge in [-0.25, -0.2) is 19.6 Å². The van der Waals surface area contributed by atoms with Gasteiger partial charge < -0.3 is 9.84 Å². The van der Waals surface area contributed by atoms with Crippen LogP contribution in [-0.4, -0.2) is 45.4 Å². The standard InChI is InChI=1S/C29H28N2O3S.C27H24N2O3S/c1-5-34-27(33)21-12-10-20(11-13-21)25-18-35-28(30-25)31-26(32)24-9-7-6-8-23(24)19-14-16-22(17-15-19)29(2,3)4;1-27(2,3)20-14-12-17(13-15-20)21-6-4-5-7-22(21)24(30)29-26-28-23(16-33-26)18-8-10-19(11-9-18)25(31)32/h6-18H,5H2,1-4H3,(H,30,31,32);4-16H,1-3H3,(H,31,32)(H,28,29,30). The highest BCUT2D eigenvalue weighted by Crippen LogP contribution is 2.32. The maximum absolute atomic E-state index is 13.2. The van der Waals surface area contributed by atoms with Gasteiger partial charge in [0.1, 0.15) is 0 Å². The van der Waals surface area contributed by atoms with Crippen molar-refractivity contribution in [1.82, 2.24) is 9.97 Å². The van der Waals surface area contributed by atoms with Gasteiger partial charge >= 0.3 is 11.9 Å². The Bertz CT molecular complexity index is 3050. The molecule has 2 aromatic heterocycles. The number of nitrogens with one attached hydrogen (secondary N) is 2. The lowest BCUT2D eigenvalue weighted by molar-refractivity contribution is 0.0525. The van der Waals surface area contributed by atoms with Gasteiger partial charge in [-0.15, -0.1) is 22.7 Å². The number of ether oxygens (including phenoxy) is 1. The van der Waals surface area contributed by atoms with Crippen molar-refractivity contribution in [3.63, 3.8) is 0 Å². The Morgan fingerprint density at radius 3 is 1.25 bits per heavy atom. The van der Waals surface area contributed by atoms with Crippen molar-refractivity contribution in [2.24, 2.45) is 0 Å². The van der Waals surface area contributed by atoms with E-state index in [4.69, 9.17) is 9.84 Å². The minimum atomic E-state index is -0.973. The minimum absolute atomic E-state index is 0.0614. The number of carbonyl (C=O) groups is 4. The summed E-state index contributed by atoms with van der Waals surface area (Å²) in [5.41, 5.74) is 11.2. The number of amides is 2. The predicted octanol–water partition coefficient (Wildman–Crippen LogP) is 13.9. The van der Waals surface area contributed by atoms with Crippen LogP contribution in [0.2, 0.25) is 0 Å². The topological polar surface area (TPSA) is 148 Å². The molecule has 2 heterocycles. The summed E-state index contributed by atoms with van der Waals surface area (Å²) in [5.74, 6) is -1.76. The number of thiazole rings is 2. The van der Waals surface area contributed by atoms with Crippen molar-refractivity contribution in [2.75, 3.05) is 17.2 Å². The maximum Gasteiger partial charge on any atom is 0.338 e. The van der Waals surface area contributed by atoms with Crippen LogP contribution in [0.4, 0.5) is 10.3 Å². The third-order valence-corrected chi connectivity index (χ3v) is 12.6. The molecule has 344 valence electrons. The Balaban J connectivity index is 0.000000202. The van der Waals surface area contributed by atoms with Gasteiger partial charge in [-0.2, -0.15) is 0 Å². The number of esters is 1. The van der Waals surface area contributed by atoms with Crippen LogP contribution in [-0.2, 0) is 15.6 Å². The molecule has 6 aromatic carbocycles. The van der Waals surface area contributed by atoms with Crippen molar-refractivity contribution in [2.45, 2.75) is 59.3 Å². The molecule has 12 heteroatoms. The second-order valence-electron chi connectivity index (χ2n) is 17.9. The van der Waals surface area contributed by atoms with Gasteiger partial charge in [-0.05, 0) is 87.5 Å². The number of carboxylic acids is 1. The predicted molar refractivity (Wildman–Crippen MR) is 275 cm³/mol. The number of aromatic carboxylic acids is 1. The quantitative estimate of drug-likeness (QED) is 0.109. The number of hydrogen-bond donors (Lipinski definition) is 3. The Morgan fingerprint density at radius 1 is 0.515 bits per heavy atom. The van der Waals surface area contributed by atoms with Gasteiger partial charge in [-0.3, -0.25) is 20.2 Å². The van der Waals surface area contributed by atoms with Crippen LogP contribution in [0.25, 0.3) is 44.8 Å². The van der Waals surface area contributed by atoms with Gasteiger partial charge in [0.05, 0.1) is 29.1 Å². The van der Waals surface area contributed by atoms with Gasteiger partial charge in [0, 0.05) is 33.0 Å². The molecule has 3 N–H and O–H groups in total. The van der Waals surface area contributed by atoms with Crippen LogP contribution in [0.1, 0.15) is 101 Å². The maximum atomic E-state index is 13.2. The molecule has 0 saturated carbocycles. The number of hydrogen-bond acceptors (Lipinski definition) is 9. The first-order valence-electron chi connectivity index (χ1n) is 22.0. The number of carboxylic acid groups (broad SMARTS) is 1. The fraction of sp³-hybridized carbons (Fsp3) is 0.179. The largest absolute Gasteiger partial charge is 0.478 e. The Hall–Kier alpha value is -7.54. The van der Waals surface area contributed by atoms with Crippen LogP contribution >= 0.6 is 22.7 Å². The molecule has 0 atom stereocenters. The molecule has 8 aromatic rings. The highest BCUT2D eigenvalue weighted by atomic mass is 32.1. The molecule has 0 aliphatic heterocycles. The molecule has 8 rings (SSSR count). The summed E-state index contributed by atoms with van der Waals surface area (Å²) in [6, 6.07) is 45.3. The number of benzene rings is 6. The van der Waals surface area contributed by atoms with Crippen LogP contribution in [0.3, 0.4) is 0 Å². The van der Waals surface area contributed by atoms with Crippen molar-refractivity contribution >= 4 is 56.7 Å². The van der Waals surface area contributed by atoms with Gasteiger partial charge in [0.2, 0.25) is 0 Å². The molecule has 0 aliphatic rings. The first kappa shape index (κ1) is 48.4. The van der Waals surface area contributed by atoms with Crippen molar-refractivity contribution in [1.29, 1.82) is 0 Å². The van der Waals surface area contributed by atoms with Crippen molar-refractivity contribution in [3.8, 4) is 44.8 Å². The molecule has 0 fully saturated rings. The van der Waals surface area contributed by atoms with Gasteiger partial charge in [0.25, 0.3) is 11.8 Å². The van der Waals surface area contributed by atoms with Crippen LogP contribution in [0.5, 0.6) is 0 Å². The lowest BCUT2D eigenvalue weighted by Gasteiger charge is -2.19. The number of carbonyl (C=O) groups excluding carboxylic acids is 3. The summed E-state index contributed by atoms with van der Waals surface area (Å²) < 4.78 is 5.03. The van der Waals surface area contributed by atoms with E-state index in [0.717, 1.165) is 39.1 Å². The molecule has 0 bridgehead atoms. The van der Waals surface area contributed by atoms with Crippen LogP contribution < -0.4 is 10.6 Å². The van der Waals surface area contributed by atoms with E-state index in [1.54, 1.807) is 31.2 Å². The summed E-state index contributed by atoms with van der Waals surface area (Å²) in [4.78, 5) is 58.2. The summed E-state index contributed by atoms with van der Waals surface area (Å²) >= 11 is 2.68. The third-order valence-electron chi connectivity index (χ3n) is 11.0. The minimum Gasteiger partial charge on any atom is -0.478 e. The second kappa shape index (κ2) is 21.0. The number of nitrogens with zero attached hydrogens (tertiary/aromatic N) is 2. The fourth-order valence-electron chi connectivity index (χ4n) is 7.20. The normalized spacial score (nSPS) is 11.2. The monoisotopic (exact) mass is 940 g/mol. The van der Waals surface area contributed by atoms with E-state index in [1.807, 2.05) is 71.4 Å². The molecule has 0 aliphatic carbocycles. The molecule has 0 spiro atoms. The number of rotatable bonds is 11. The van der Waals surface area contributed by atoms with Crippen LogP contribution in [0.15, 0.2) is 156 Å². The van der Waals surface area contributed by atoms with E-state index in [-0.39, 0.29) is 34.2 Å². The Morgan fingerprint density at radius 2 is 0.882 bits per heavy atom. The average molecular weight is 941 g/mol. The molecular weight excluding hydrogens is 889 g/mol. The highest BCUT2D eigenvalue weighted by molar-refractivity contribution is 7.14. The zero-order valence-corrected chi connectivity index (χ0v) is 40.6. The zero-order chi connectivity index (χ0) is 48.6. The summed E-state index contributed by atoms with van der Waals surface area (Å²) in [7, 11) is 0. The van der Waals surface area contributed by atoms with E-state index >= 15 is 0 Å². The summed E-state index contributed by atoms with van der Waals surface area (Å²) in [6.45, 7) is 15.2. The summed E-state index contributed by atoms with van der Waals surface area (Å²) in [5, 5.41) is 19.6. The SMILES string of the molecule is CC(C)(C)c1ccc(-c2ccccc2C(=O)Nc2nc(-c3ccc(C(=O)O)cc3)cs2)cc1.CCOC(=O)c1ccc(-c2csc(NC(=O)c3ccccc3-c3ccc(C(C)(C)C)cc3)n2)cc1. The van der Waals surface area contributed by atoms with Crippen molar-refractivity contribution < 1.29 is 29.0 Å². The smallest absolute Gasteiger partial charge is 0.338 e.